The van der Waals surface area contributed by atoms with Crippen LogP contribution in [0.2, 0.25) is 0 Å². The first-order chi connectivity index (χ1) is 12.2. The first-order valence-corrected chi connectivity index (χ1v) is 10.1. The molecule has 2 aromatic carbocycles. The van der Waals surface area contributed by atoms with Gasteiger partial charge in [-0.1, -0.05) is 48.0 Å². The van der Waals surface area contributed by atoms with Crippen molar-refractivity contribution in [1.29, 1.82) is 0 Å². The molecule has 0 radical (unpaired) electrons. The number of amides is 1. The Balaban J connectivity index is 1.99. The third-order valence-corrected chi connectivity index (χ3v) is 4.82. The summed E-state index contributed by atoms with van der Waals surface area (Å²) in [4.78, 5) is 12.1. The average molecular weight is 371 g/mol. The molecule has 0 fully saturated rings. The van der Waals surface area contributed by atoms with Crippen LogP contribution in [0.15, 0.2) is 53.6 Å². The quantitative estimate of drug-likeness (QED) is 0.897. The van der Waals surface area contributed by atoms with Gasteiger partial charge in [0.05, 0.1) is 23.7 Å². The largest absolute Gasteiger partial charge is 0.283 e. The lowest BCUT2D eigenvalue weighted by atomic mass is 9.97. The average Bonchev–Trinajstić information content (AvgIpc) is 3.00. The molecule has 26 heavy (non-hydrogen) atoms. The van der Waals surface area contributed by atoms with Crippen molar-refractivity contribution >= 4 is 27.3 Å². The van der Waals surface area contributed by atoms with Crippen LogP contribution in [0.25, 0.3) is 0 Å². The summed E-state index contributed by atoms with van der Waals surface area (Å²) >= 11 is 0. The highest BCUT2D eigenvalue weighted by molar-refractivity contribution is 7.92. The zero-order valence-electron chi connectivity index (χ0n) is 14.9. The van der Waals surface area contributed by atoms with Crippen LogP contribution < -0.4 is 4.72 Å². The molecular formula is C19H21N3O3S. The van der Waals surface area contributed by atoms with Crippen LogP contribution in [-0.2, 0) is 14.8 Å². The van der Waals surface area contributed by atoms with Gasteiger partial charge in [0, 0.05) is 18.9 Å². The first kappa shape index (κ1) is 18.1. The van der Waals surface area contributed by atoms with Crippen LogP contribution in [-0.4, -0.2) is 31.3 Å². The Kier molecular flexibility index (Phi) is 4.82. The van der Waals surface area contributed by atoms with E-state index in [-0.39, 0.29) is 11.9 Å². The predicted molar refractivity (Wildman–Crippen MR) is 103 cm³/mol. The van der Waals surface area contributed by atoms with Gasteiger partial charge in [-0.3, -0.25) is 9.52 Å². The molecule has 1 unspecified atom stereocenters. The molecule has 136 valence electrons. The third kappa shape index (κ3) is 3.94. The van der Waals surface area contributed by atoms with E-state index >= 15 is 0 Å². The highest BCUT2D eigenvalue weighted by Crippen LogP contribution is 2.36. The maximum atomic E-state index is 12.1. The second-order valence-corrected chi connectivity index (χ2v) is 8.21. The van der Waals surface area contributed by atoms with Gasteiger partial charge in [0.15, 0.2) is 0 Å². The standard InChI is InChI=1S/C19H21N3O3S/c1-13-8-10-15(11-9-13)18-12-19(22(20-18)14(2)23)16-6-4-5-7-17(16)21-26(3,24)25/h4-11,19,21H,12H2,1-3H3. The fraction of sp³-hybridized carbons (Fsp3) is 0.263. The molecule has 3 rings (SSSR count). The number of benzene rings is 2. The number of carbonyl (C=O) groups is 1. The highest BCUT2D eigenvalue weighted by Gasteiger charge is 2.33. The number of carbonyl (C=O) groups excluding carboxylic acids is 1. The number of para-hydroxylation sites is 1. The molecule has 0 aromatic heterocycles. The van der Waals surface area contributed by atoms with Crippen LogP contribution in [0.1, 0.15) is 36.1 Å². The number of hydrogen-bond donors (Lipinski definition) is 1. The van der Waals surface area contributed by atoms with Gasteiger partial charge in [-0.05, 0) is 18.6 Å². The molecule has 0 bridgehead atoms. The predicted octanol–water partition coefficient (Wildman–Crippen LogP) is 3.06. The zero-order chi connectivity index (χ0) is 18.9. The van der Waals surface area contributed by atoms with E-state index in [1.807, 2.05) is 43.3 Å². The zero-order valence-corrected chi connectivity index (χ0v) is 15.7. The molecule has 7 heteroatoms. The second-order valence-electron chi connectivity index (χ2n) is 6.46. The van der Waals surface area contributed by atoms with Gasteiger partial charge in [-0.2, -0.15) is 5.10 Å². The first-order valence-electron chi connectivity index (χ1n) is 8.25. The number of rotatable bonds is 4. The van der Waals surface area contributed by atoms with Crippen molar-refractivity contribution in [2.75, 3.05) is 11.0 Å². The minimum atomic E-state index is -3.43. The molecule has 0 aliphatic carbocycles. The SMILES string of the molecule is CC(=O)N1N=C(c2ccc(C)cc2)CC1c1ccccc1NS(C)(=O)=O. The Bertz CT molecular complexity index is 966. The fourth-order valence-electron chi connectivity index (χ4n) is 3.04. The molecule has 2 aromatic rings. The van der Waals surface area contributed by atoms with Crippen LogP contribution in [0.5, 0.6) is 0 Å². The van der Waals surface area contributed by atoms with Gasteiger partial charge >= 0.3 is 0 Å². The Morgan fingerprint density at radius 2 is 1.81 bits per heavy atom. The molecule has 6 nitrogen and oxygen atoms in total. The Morgan fingerprint density at radius 3 is 2.42 bits per heavy atom. The van der Waals surface area contributed by atoms with E-state index in [0.29, 0.717) is 12.1 Å². The number of nitrogens with zero attached hydrogens (tertiary/aromatic N) is 2. The minimum Gasteiger partial charge on any atom is -0.283 e. The van der Waals surface area contributed by atoms with E-state index in [4.69, 9.17) is 0 Å². The third-order valence-electron chi connectivity index (χ3n) is 4.23. The topological polar surface area (TPSA) is 78.8 Å². The van der Waals surface area contributed by atoms with Crippen molar-refractivity contribution in [2.45, 2.75) is 26.3 Å². The van der Waals surface area contributed by atoms with Crippen LogP contribution in [0.4, 0.5) is 5.69 Å². The molecule has 0 spiro atoms. The molecular weight excluding hydrogens is 350 g/mol. The van der Waals surface area contributed by atoms with E-state index in [1.165, 1.54) is 11.9 Å². The monoisotopic (exact) mass is 371 g/mol. The molecule has 1 amide bonds. The van der Waals surface area contributed by atoms with Crippen LogP contribution >= 0.6 is 0 Å². The summed E-state index contributed by atoms with van der Waals surface area (Å²) in [6.45, 7) is 3.47. The number of aryl methyl sites for hydroxylation is 1. The smallest absolute Gasteiger partial charge is 0.240 e. The summed E-state index contributed by atoms with van der Waals surface area (Å²) in [6.07, 6.45) is 1.63. The van der Waals surface area contributed by atoms with E-state index < -0.39 is 10.0 Å². The van der Waals surface area contributed by atoms with Gasteiger partial charge in [-0.25, -0.2) is 13.4 Å². The maximum absolute atomic E-state index is 12.1. The summed E-state index contributed by atoms with van der Waals surface area (Å²) in [7, 11) is -3.43. The van der Waals surface area contributed by atoms with Gasteiger partial charge in [0.2, 0.25) is 15.9 Å². The number of hydrogen-bond acceptors (Lipinski definition) is 4. The Morgan fingerprint density at radius 1 is 1.15 bits per heavy atom. The molecule has 1 atom stereocenters. The number of hydrazone groups is 1. The van der Waals surface area contributed by atoms with Gasteiger partial charge in [-0.15, -0.1) is 0 Å². The molecule has 1 heterocycles. The highest BCUT2D eigenvalue weighted by atomic mass is 32.2. The molecule has 0 saturated carbocycles. The van der Waals surface area contributed by atoms with Crippen molar-refractivity contribution in [2.24, 2.45) is 5.10 Å². The lowest BCUT2D eigenvalue weighted by Crippen LogP contribution is -2.25. The number of nitrogens with one attached hydrogen (secondary N) is 1. The van der Waals surface area contributed by atoms with Gasteiger partial charge in [0.25, 0.3) is 0 Å². The lowest BCUT2D eigenvalue weighted by molar-refractivity contribution is -0.130. The summed E-state index contributed by atoms with van der Waals surface area (Å²) < 4.78 is 25.9. The van der Waals surface area contributed by atoms with E-state index in [9.17, 15) is 13.2 Å². The summed E-state index contributed by atoms with van der Waals surface area (Å²) in [6, 6.07) is 14.7. The lowest BCUT2D eigenvalue weighted by Gasteiger charge is -2.23. The summed E-state index contributed by atoms with van der Waals surface area (Å²) in [5, 5.41) is 5.93. The van der Waals surface area contributed by atoms with Crippen LogP contribution in [0.3, 0.4) is 0 Å². The van der Waals surface area contributed by atoms with E-state index in [2.05, 4.69) is 9.82 Å². The van der Waals surface area contributed by atoms with Gasteiger partial charge < -0.3 is 0 Å². The Hall–Kier alpha value is -2.67. The van der Waals surface area contributed by atoms with Crippen molar-refractivity contribution < 1.29 is 13.2 Å². The number of sulfonamides is 1. The number of anilines is 1. The minimum absolute atomic E-state index is 0.189. The Labute approximate surface area is 153 Å². The normalized spacial score (nSPS) is 17.1. The van der Waals surface area contributed by atoms with Crippen molar-refractivity contribution in [3.63, 3.8) is 0 Å². The fourth-order valence-corrected chi connectivity index (χ4v) is 3.63. The molecule has 0 saturated heterocycles. The summed E-state index contributed by atoms with van der Waals surface area (Å²) in [5.41, 5.74) is 4.10. The van der Waals surface area contributed by atoms with E-state index in [0.717, 1.165) is 28.7 Å². The molecule has 1 aliphatic heterocycles. The second kappa shape index (κ2) is 6.92. The maximum Gasteiger partial charge on any atom is 0.240 e. The van der Waals surface area contributed by atoms with Crippen molar-refractivity contribution in [1.82, 2.24) is 5.01 Å². The van der Waals surface area contributed by atoms with Crippen molar-refractivity contribution in [3.05, 3.63) is 65.2 Å². The van der Waals surface area contributed by atoms with E-state index in [1.54, 1.807) is 12.1 Å². The van der Waals surface area contributed by atoms with Crippen molar-refractivity contribution in [3.8, 4) is 0 Å². The van der Waals surface area contributed by atoms with Gasteiger partial charge in [0.1, 0.15) is 0 Å². The van der Waals surface area contributed by atoms with Crippen LogP contribution in [0, 0.1) is 6.92 Å². The molecule has 1 aliphatic rings. The summed E-state index contributed by atoms with van der Waals surface area (Å²) in [5.74, 6) is -0.189. The molecule has 1 N–H and O–H groups in total.